The number of aryl methyl sites for hydroxylation is 1. The van der Waals surface area contributed by atoms with Gasteiger partial charge in [-0.25, -0.2) is 9.37 Å². The van der Waals surface area contributed by atoms with Crippen LogP contribution in [-0.4, -0.2) is 18.0 Å². The number of nitrogens with zero attached hydrogens (tertiary/aromatic N) is 1. The van der Waals surface area contributed by atoms with Crippen LogP contribution in [-0.2, 0) is 6.61 Å². The van der Waals surface area contributed by atoms with Crippen molar-refractivity contribution >= 4 is 22.9 Å². The quantitative estimate of drug-likeness (QED) is 0.695. The zero-order valence-corrected chi connectivity index (χ0v) is 15.1. The second kappa shape index (κ2) is 7.97. The van der Waals surface area contributed by atoms with E-state index >= 15 is 0 Å². The summed E-state index contributed by atoms with van der Waals surface area (Å²) in [6, 6.07) is 9.34. The summed E-state index contributed by atoms with van der Waals surface area (Å²) in [5.74, 6) is -0.00522. The molecule has 0 bridgehead atoms. The molecule has 0 fully saturated rings. The summed E-state index contributed by atoms with van der Waals surface area (Å²) in [5, 5.41) is 4.47. The molecule has 1 amide bonds. The van der Waals surface area contributed by atoms with Gasteiger partial charge in [-0.3, -0.25) is 4.79 Å². The molecule has 0 aliphatic rings. The Labute approximate surface area is 154 Å². The Balaban J connectivity index is 1.75. The maximum atomic E-state index is 13.8. The fourth-order valence-corrected chi connectivity index (χ4v) is 2.86. The topological polar surface area (TPSA) is 60.5 Å². The Hall–Kier alpha value is -2.93. The number of carbonyl (C=O) groups is 1. The summed E-state index contributed by atoms with van der Waals surface area (Å²) in [4.78, 5) is 16.6. The highest BCUT2D eigenvalue weighted by Gasteiger charge is 2.13. The van der Waals surface area contributed by atoms with Crippen molar-refractivity contribution in [3.05, 3.63) is 69.9 Å². The first kappa shape index (κ1) is 17.9. The fraction of sp³-hybridized carbons (Fsp3) is 0.158. The third-order valence-electron chi connectivity index (χ3n) is 3.65. The van der Waals surface area contributed by atoms with E-state index in [1.54, 1.807) is 35.8 Å². The highest BCUT2D eigenvalue weighted by atomic mass is 32.1. The average Bonchev–Trinajstić information content (AvgIpc) is 3.16. The highest BCUT2D eigenvalue weighted by Crippen LogP contribution is 2.29. The lowest BCUT2D eigenvalue weighted by Crippen LogP contribution is -2.13. The molecular formula is C19H17FN2O3S. The Morgan fingerprint density at radius 1 is 1.23 bits per heavy atom. The third-order valence-corrected chi connectivity index (χ3v) is 4.29. The van der Waals surface area contributed by atoms with Crippen molar-refractivity contribution in [3.63, 3.8) is 0 Å². The van der Waals surface area contributed by atoms with Crippen molar-refractivity contribution < 1.29 is 18.7 Å². The predicted octanol–water partition coefficient (Wildman–Crippen LogP) is 4.43. The molecule has 5 nitrogen and oxygen atoms in total. The smallest absolute Gasteiger partial charge is 0.255 e. The van der Waals surface area contributed by atoms with Gasteiger partial charge in [0.15, 0.2) is 11.5 Å². The van der Waals surface area contributed by atoms with Gasteiger partial charge in [-0.2, -0.15) is 0 Å². The molecule has 0 saturated carbocycles. The molecular weight excluding hydrogens is 355 g/mol. The van der Waals surface area contributed by atoms with E-state index in [1.165, 1.54) is 24.5 Å². The van der Waals surface area contributed by atoms with Gasteiger partial charge in [0.2, 0.25) is 0 Å². The van der Waals surface area contributed by atoms with E-state index in [4.69, 9.17) is 9.47 Å². The normalized spacial score (nSPS) is 10.4. The molecule has 0 radical (unpaired) electrons. The molecule has 0 unspecified atom stereocenters. The van der Waals surface area contributed by atoms with Gasteiger partial charge in [0, 0.05) is 10.9 Å². The van der Waals surface area contributed by atoms with Crippen LogP contribution in [0.2, 0.25) is 0 Å². The Morgan fingerprint density at radius 2 is 2.08 bits per heavy atom. The molecule has 134 valence electrons. The lowest BCUT2D eigenvalue weighted by Gasteiger charge is -2.12. The van der Waals surface area contributed by atoms with Crippen molar-refractivity contribution in [2.24, 2.45) is 0 Å². The second-order valence-corrected chi connectivity index (χ2v) is 6.29. The molecule has 2 aromatic carbocycles. The van der Waals surface area contributed by atoms with Gasteiger partial charge in [0.05, 0.1) is 24.0 Å². The van der Waals surface area contributed by atoms with Crippen LogP contribution in [0.1, 0.15) is 21.6 Å². The van der Waals surface area contributed by atoms with Gasteiger partial charge < -0.3 is 14.8 Å². The number of ether oxygens (including phenoxy) is 2. The Kier molecular flexibility index (Phi) is 5.48. The molecule has 0 aliphatic carbocycles. The summed E-state index contributed by atoms with van der Waals surface area (Å²) in [6.45, 7) is 2.13. The zero-order valence-electron chi connectivity index (χ0n) is 14.3. The average molecular weight is 372 g/mol. The van der Waals surface area contributed by atoms with Crippen molar-refractivity contribution in [3.8, 4) is 11.5 Å². The van der Waals surface area contributed by atoms with E-state index < -0.39 is 11.7 Å². The number of thiazole rings is 1. The molecule has 3 rings (SSSR count). The lowest BCUT2D eigenvalue weighted by molar-refractivity contribution is 0.102. The van der Waals surface area contributed by atoms with Gasteiger partial charge >= 0.3 is 0 Å². The molecule has 26 heavy (non-hydrogen) atoms. The highest BCUT2D eigenvalue weighted by molar-refractivity contribution is 7.07. The minimum atomic E-state index is -0.487. The largest absolute Gasteiger partial charge is 0.493 e. The van der Waals surface area contributed by atoms with E-state index in [0.717, 1.165) is 11.3 Å². The number of halogens is 1. The minimum absolute atomic E-state index is 0.137. The fourth-order valence-electron chi connectivity index (χ4n) is 2.32. The number of rotatable bonds is 6. The number of nitrogens with one attached hydrogen (secondary N) is 1. The van der Waals surface area contributed by atoms with Crippen LogP contribution in [0.25, 0.3) is 0 Å². The van der Waals surface area contributed by atoms with Gasteiger partial charge in [0.1, 0.15) is 12.4 Å². The van der Waals surface area contributed by atoms with Crippen molar-refractivity contribution in [1.82, 2.24) is 4.98 Å². The standard InChI is InChI=1S/C19H17FN2O3S/c1-12-3-5-15(20)16(7-12)22-19(23)13-4-6-17(18(8-13)24-2)25-9-14-10-26-11-21-14/h3-8,10-11H,9H2,1-2H3,(H,22,23). The SMILES string of the molecule is COc1cc(C(=O)Nc2cc(C)ccc2F)ccc1OCc1cscn1. The van der Waals surface area contributed by atoms with Crippen molar-refractivity contribution in [1.29, 1.82) is 0 Å². The summed E-state index contributed by atoms with van der Waals surface area (Å²) < 4.78 is 24.8. The molecule has 1 heterocycles. The molecule has 7 heteroatoms. The number of hydrogen-bond acceptors (Lipinski definition) is 5. The lowest BCUT2D eigenvalue weighted by atomic mass is 10.1. The summed E-state index contributed by atoms with van der Waals surface area (Å²) in [6.07, 6.45) is 0. The maximum Gasteiger partial charge on any atom is 0.255 e. The molecule has 0 atom stereocenters. The second-order valence-electron chi connectivity index (χ2n) is 5.57. The van der Waals surface area contributed by atoms with Crippen LogP contribution >= 0.6 is 11.3 Å². The molecule has 3 aromatic rings. The van der Waals surface area contributed by atoms with E-state index in [-0.39, 0.29) is 5.69 Å². The van der Waals surface area contributed by atoms with E-state index in [9.17, 15) is 9.18 Å². The number of amides is 1. The first-order valence-electron chi connectivity index (χ1n) is 7.82. The summed E-state index contributed by atoms with van der Waals surface area (Å²) in [7, 11) is 1.49. The van der Waals surface area contributed by atoms with Gasteiger partial charge in [-0.05, 0) is 42.8 Å². The van der Waals surface area contributed by atoms with Crippen molar-refractivity contribution in [2.75, 3.05) is 12.4 Å². The van der Waals surface area contributed by atoms with E-state index in [1.807, 2.05) is 12.3 Å². The third kappa shape index (κ3) is 4.18. The van der Waals surface area contributed by atoms with Gasteiger partial charge in [-0.1, -0.05) is 6.07 Å². The summed E-state index contributed by atoms with van der Waals surface area (Å²) >= 11 is 1.49. The molecule has 1 aromatic heterocycles. The Morgan fingerprint density at radius 3 is 2.81 bits per heavy atom. The number of carbonyl (C=O) groups excluding carboxylic acids is 1. The number of benzene rings is 2. The first-order valence-corrected chi connectivity index (χ1v) is 8.76. The predicted molar refractivity (Wildman–Crippen MR) is 98.5 cm³/mol. The zero-order chi connectivity index (χ0) is 18.5. The van der Waals surface area contributed by atoms with Gasteiger partial charge in [0.25, 0.3) is 5.91 Å². The van der Waals surface area contributed by atoms with Crippen LogP contribution < -0.4 is 14.8 Å². The number of anilines is 1. The molecule has 0 aliphatic heterocycles. The van der Waals surface area contributed by atoms with Crippen LogP contribution in [0, 0.1) is 12.7 Å². The van der Waals surface area contributed by atoms with E-state index in [2.05, 4.69) is 10.3 Å². The monoisotopic (exact) mass is 372 g/mol. The summed E-state index contributed by atoms with van der Waals surface area (Å²) in [5.41, 5.74) is 3.87. The van der Waals surface area contributed by atoms with Crippen LogP contribution in [0.5, 0.6) is 11.5 Å². The van der Waals surface area contributed by atoms with E-state index in [0.29, 0.717) is 23.7 Å². The minimum Gasteiger partial charge on any atom is -0.493 e. The number of hydrogen-bond donors (Lipinski definition) is 1. The number of methoxy groups -OCH3 is 1. The first-order chi connectivity index (χ1) is 12.6. The number of aromatic nitrogens is 1. The van der Waals surface area contributed by atoms with Crippen LogP contribution in [0.4, 0.5) is 10.1 Å². The molecule has 0 saturated heterocycles. The van der Waals surface area contributed by atoms with Crippen LogP contribution in [0.15, 0.2) is 47.3 Å². The molecule has 0 spiro atoms. The molecule has 1 N–H and O–H groups in total. The van der Waals surface area contributed by atoms with Crippen LogP contribution in [0.3, 0.4) is 0 Å². The van der Waals surface area contributed by atoms with Crippen molar-refractivity contribution in [2.45, 2.75) is 13.5 Å². The van der Waals surface area contributed by atoms with Gasteiger partial charge in [-0.15, -0.1) is 11.3 Å². The Bertz CT molecular complexity index is 913. The maximum absolute atomic E-state index is 13.8.